The van der Waals surface area contributed by atoms with E-state index in [4.69, 9.17) is 9.15 Å². The van der Waals surface area contributed by atoms with Gasteiger partial charge in [-0.15, -0.1) is 0 Å². The number of aliphatic hydroxyl groups is 1. The summed E-state index contributed by atoms with van der Waals surface area (Å²) in [6.45, 7) is 4.08. The van der Waals surface area contributed by atoms with Crippen LogP contribution in [0.2, 0.25) is 0 Å². The lowest BCUT2D eigenvalue weighted by Gasteiger charge is -2.37. The van der Waals surface area contributed by atoms with Crippen molar-refractivity contribution in [1.29, 1.82) is 0 Å². The molecule has 2 atom stereocenters. The normalized spacial score (nSPS) is 21.3. The van der Waals surface area contributed by atoms with E-state index in [-0.39, 0.29) is 6.61 Å². The molecule has 1 aliphatic rings. The minimum atomic E-state index is 0.260. The molecular formula is C21H30N2O3. The van der Waals surface area contributed by atoms with E-state index < -0.39 is 0 Å². The summed E-state index contributed by atoms with van der Waals surface area (Å²) in [4.78, 5) is 4.65. The third kappa shape index (κ3) is 4.87. The first-order chi connectivity index (χ1) is 12.6. The largest absolute Gasteiger partial charge is 0.497 e. The fourth-order valence-corrected chi connectivity index (χ4v) is 3.93. The molecule has 3 rings (SSSR count). The van der Waals surface area contributed by atoms with E-state index in [2.05, 4.69) is 30.0 Å². The molecule has 0 radical (unpaired) electrons. The van der Waals surface area contributed by atoms with E-state index in [0.29, 0.717) is 11.8 Å². The zero-order chi connectivity index (χ0) is 18.5. The SMILES string of the molecule is COc1ccc(-c2ccc(CN3C[C@H](CO)C[C@@H](CN(C)C)C3)o2)cc1. The minimum Gasteiger partial charge on any atom is -0.497 e. The summed E-state index contributed by atoms with van der Waals surface area (Å²) < 4.78 is 11.3. The molecule has 0 bridgehead atoms. The highest BCUT2D eigenvalue weighted by Crippen LogP contribution is 2.27. The molecule has 1 aliphatic heterocycles. The maximum atomic E-state index is 9.65. The zero-order valence-electron chi connectivity index (χ0n) is 16.0. The smallest absolute Gasteiger partial charge is 0.134 e. The van der Waals surface area contributed by atoms with Crippen molar-refractivity contribution in [3.05, 3.63) is 42.2 Å². The van der Waals surface area contributed by atoms with Gasteiger partial charge >= 0.3 is 0 Å². The van der Waals surface area contributed by atoms with Crippen LogP contribution < -0.4 is 4.74 Å². The van der Waals surface area contributed by atoms with Crippen molar-refractivity contribution in [2.75, 3.05) is 47.4 Å². The lowest BCUT2D eigenvalue weighted by molar-refractivity contribution is 0.0653. The molecule has 2 aromatic rings. The summed E-state index contributed by atoms with van der Waals surface area (Å²) in [5.41, 5.74) is 1.05. The number of benzene rings is 1. The van der Waals surface area contributed by atoms with Crippen molar-refractivity contribution >= 4 is 0 Å². The summed E-state index contributed by atoms with van der Waals surface area (Å²) >= 11 is 0. The second kappa shape index (κ2) is 8.71. The number of likely N-dealkylation sites (tertiary alicyclic amines) is 1. The zero-order valence-corrected chi connectivity index (χ0v) is 16.0. The van der Waals surface area contributed by atoms with Crippen LogP contribution in [-0.4, -0.2) is 62.4 Å². The number of hydrogen-bond donors (Lipinski definition) is 1. The highest BCUT2D eigenvalue weighted by molar-refractivity contribution is 5.58. The van der Waals surface area contributed by atoms with E-state index in [1.165, 1.54) is 0 Å². The molecule has 5 nitrogen and oxygen atoms in total. The van der Waals surface area contributed by atoms with Crippen LogP contribution in [0, 0.1) is 11.8 Å². The Hall–Kier alpha value is -1.82. The van der Waals surface area contributed by atoms with E-state index in [1.54, 1.807) is 7.11 Å². The maximum absolute atomic E-state index is 9.65. The van der Waals surface area contributed by atoms with Gasteiger partial charge in [-0.25, -0.2) is 0 Å². The van der Waals surface area contributed by atoms with Gasteiger partial charge in [0, 0.05) is 31.8 Å². The Labute approximate surface area is 156 Å². The van der Waals surface area contributed by atoms with E-state index in [1.807, 2.05) is 30.3 Å². The number of nitrogens with zero attached hydrogens (tertiary/aromatic N) is 2. The average molecular weight is 358 g/mol. The van der Waals surface area contributed by atoms with Gasteiger partial charge in [0.25, 0.3) is 0 Å². The molecule has 1 aromatic heterocycles. The summed E-state index contributed by atoms with van der Waals surface area (Å²) in [7, 11) is 5.89. The standard InChI is InChI=1S/C21H30N2O3/c1-22(2)11-16-10-17(15-24)13-23(12-16)14-20-8-9-21(26-20)18-4-6-19(25-3)7-5-18/h4-9,16-17,24H,10-15H2,1-3H3/t16-,17+/m0/s1. The van der Waals surface area contributed by atoms with Gasteiger partial charge in [0.2, 0.25) is 0 Å². The third-order valence-electron chi connectivity index (χ3n) is 5.00. The molecule has 5 heteroatoms. The van der Waals surface area contributed by atoms with Crippen LogP contribution in [0.15, 0.2) is 40.8 Å². The molecule has 1 fully saturated rings. The minimum absolute atomic E-state index is 0.260. The van der Waals surface area contributed by atoms with Gasteiger partial charge in [0.15, 0.2) is 0 Å². The van der Waals surface area contributed by atoms with Gasteiger partial charge in [0.1, 0.15) is 17.3 Å². The quantitative estimate of drug-likeness (QED) is 0.825. The monoisotopic (exact) mass is 358 g/mol. The molecule has 0 aliphatic carbocycles. The first kappa shape index (κ1) is 19.0. The second-order valence-electron chi connectivity index (χ2n) is 7.60. The number of furan rings is 1. The predicted molar refractivity (Wildman–Crippen MR) is 103 cm³/mol. The van der Waals surface area contributed by atoms with Gasteiger partial charge < -0.3 is 19.2 Å². The molecule has 142 valence electrons. The third-order valence-corrected chi connectivity index (χ3v) is 5.00. The van der Waals surface area contributed by atoms with Crippen LogP contribution in [0.25, 0.3) is 11.3 Å². The Morgan fingerprint density at radius 3 is 2.50 bits per heavy atom. The first-order valence-corrected chi connectivity index (χ1v) is 9.28. The lowest BCUT2D eigenvalue weighted by atomic mass is 9.89. The Kier molecular flexibility index (Phi) is 6.35. The molecule has 0 amide bonds. The number of methoxy groups -OCH3 is 1. The number of hydrogen-bond acceptors (Lipinski definition) is 5. The number of piperidine rings is 1. The highest BCUT2D eigenvalue weighted by Gasteiger charge is 2.27. The Bertz CT molecular complexity index is 681. The maximum Gasteiger partial charge on any atom is 0.134 e. The van der Waals surface area contributed by atoms with Crippen molar-refractivity contribution in [2.24, 2.45) is 11.8 Å². The van der Waals surface area contributed by atoms with Crippen molar-refractivity contribution in [3.63, 3.8) is 0 Å². The molecular weight excluding hydrogens is 328 g/mol. The summed E-state index contributed by atoms with van der Waals surface area (Å²) in [6.07, 6.45) is 1.10. The number of aliphatic hydroxyl groups excluding tert-OH is 1. The number of ether oxygens (including phenoxy) is 1. The van der Waals surface area contributed by atoms with Crippen molar-refractivity contribution in [1.82, 2.24) is 9.80 Å². The average Bonchev–Trinajstić information content (AvgIpc) is 3.09. The van der Waals surface area contributed by atoms with E-state index in [9.17, 15) is 5.11 Å². The molecule has 0 unspecified atom stereocenters. The van der Waals surface area contributed by atoms with Gasteiger partial charge in [-0.2, -0.15) is 0 Å². The summed E-state index contributed by atoms with van der Waals surface area (Å²) in [5, 5.41) is 9.65. The second-order valence-corrected chi connectivity index (χ2v) is 7.60. The van der Waals surface area contributed by atoms with Crippen LogP contribution in [-0.2, 0) is 6.54 Å². The Morgan fingerprint density at radius 1 is 1.12 bits per heavy atom. The molecule has 0 saturated carbocycles. The van der Waals surface area contributed by atoms with Crippen LogP contribution in [0.5, 0.6) is 5.75 Å². The van der Waals surface area contributed by atoms with Gasteiger partial charge in [-0.3, -0.25) is 4.90 Å². The Balaban J connectivity index is 1.65. The first-order valence-electron chi connectivity index (χ1n) is 9.28. The molecule has 1 saturated heterocycles. The van der Waals surface area contributed by atoms with Crippen LogP contribution in [0.4, 0.5) is 0 Å². The van der Waals surface area contributed by atoms with E-state index in [0.717, 1.165) is 55.4 Å². The van der Waals surface area contributed by atoms with Crippen LogP contribution in [0.3, 0.4) is 0 Å². The van der Waals surface area contributed by atoms with Crippen molar-refractivity contribution in [2.45, 2.75) is 13.0 Å². The van der Waals surface area contributed by atoms with Gasteiger partial charge in [0.05, 0.1) is 13.7 Å². The predicted octanol–water partition coefficient (Wildman–Crippen LogP) is 2.95. The summed E-state index contributed by atoms with van der Waals surface area (Å²) in [5.74, 6) is 3.63. The van der Waals surface area contributed by atoms with Crippen molar-refractivity contribution in [3.8, 4) is 17.1 Å². The molecule has 1 aromatic carbocycles. The summed E-state index contributed by atoms with van der Waals surface area (Å²) in [6, 6.07) is 12.0. The molecule has 26 heavy (non-hydrogen) atoms. The molecule has 1 N–H and O–H groups in total. The van der Waals surface area contributed by atoms with Crippen LogP contribution >= 0.6 is 0 Å². The van der Waals surface area contributed by atoms with E-state index >= 15 is 0 Å². The topological polar surface area (TPSA) is 49.1 Å². The number of rotatable bonds is 7. The van der Waals surface area contributed by atoms with Crippen molar-refractivity contribution < 1.29 is 14.3 Å². The van der Waals surface area contributed by atoms with Crippen LogP contribution in [0.1, 0.15) is 12.2 Å². The Morgan fingerprint density at radius 2 is 1.85 bits per heavy atom. The highest BCUT2D eigenvalue weighted by atomic mass is 16.5. The molecule has 0 spiro atoms. The van der Waals surface area contributed by atoms with Gasteiger partial charge in [-0.05, 0) is 68.8 Å². The van der Waals surface area contributed by atoms with Gasteiger partial charge in [-0.1, -0.05) is 0 Å². The lowest BCUT2D eigenvalue weighted by Crippen LogP contribution is -2.44. The fraction of sp³-hybridized carbons (Fsp3) is 0.524. The molecule has 2 heterocycles. The fourth-order valence-electron chi connectivity index (χ4n) is 3.93.